The zero-order valence-electron chi connectivity index (χ0n) is 13.0. The van der Waals surface area contributed by atoms with Crippen LogP contribution >= 0.6 is 24.0 Å². The summed E-state index contributed by atoms with van der Waals surface area (Å²) in [6.07, 6.45) is 0.958. The highest BCUT2D eigenvalue weighted by molar-refractivity contribution is 14.0. The van der Waals surface area contributed by atoms with Crippen LogP contribution in [0.15, 0.2) is 29.3 Å². The van der Waals surface area contributed by atoms with E-state index in [4.69, 9.17) is 9.47 Å². The highest BCUT2D eigenvalue weighted by Gasteiger charge is 1.98. The fourth-order valence-corrected chi connectivity index (χ4v) is 1.71. The number of guanidine groups is 1. The van der Waals surface area contributed by atoms with Gasteiger partial charge in [-0.25, -0.2) is 4.99 Å². The minimum Gasteiger partial charge on any atom is -0.497 e. The Labute approximate surface area is 144 Å². The maximum atomic E-state index is 5.21. The molecule has 0 atom stereocenters. The largest absolute Gasteiger partial charge is 0.497 e. The van der Waals surface area contributed by atoms with Crippen molar-refractivity contribution in [1.29, 1.82) is 0 Å². The van der Waals surface area contributed by atoms with Crippen molar-refractivity contribution in [3.8, 4) is 5.75 Å². The first-order valence-electron chi connectivity index (χ1n) is 6.94. The molecule has 0 aliphatic heterocycles. The Kier molecular flexibility index (Phi) is 12.1. The first kappa shape index (κ1) is 20.0. The van der Waals surface area contributed by atoms with Gasteiger partial charge in [0, 0.05) is 26.8 Å². The highest BCUT2D eigenvalue weighted by Crippen LogP contribution is 2.12. The van der Waals surface area contributed by atoms with Gasteiger partial charge in [-0.1, -0.05) is 12.1 Å². The third kappa shape index (κ3) is 8.77. The smallest absolute Gasteiger partial charge is 0.191 e. The van der Waals surface area contributed by atoms with Crippen molar-refractivity contribution in [3.63, 3.8) is 0 Å². The molecule has 0 radical (unpaired) electrons. The number of hydrogen-bond acceptors (Lipinski definition) is 3. The van der Waals surface area contributed by atoms with Gasteiger partial charge in [-0.3, -0.25) is 0 Å². The highest BCUT2D eigenvalue weighted by atomic mass is 127. The van der Waals surface area contributed by atoms with Crippen molar-refractivity contribution in [3.05, 3.63) is 29.8 Å². The van der Waals surface area contributed by atoms with Gasteiger partial charge in [-0.05, 0) is 31.0 Å². The average Bonchev–Trinajstić information content (AvgIpc) is 2.49. The van der Waals surface area contributed by atoms with Gasteiger partial charge in [0.05, 0.1) is 13.7 Å². The first-order valence-corrected chi connectivity index (χ1v) is 6.94. The molecule has 0 bridgehead atoms. The molecule has 120 valence electrons. The molecule has 0 spiro atoms. The van der Waals surface area contributed by atoms with E-state index in [1.54, 1.807) is 14.2 Å². The van der Waals surface area contributed by atoms with Gasteiger partial charge in [0.1, 0.15) is 5.75 Å². The maximum absolute atomic E-state index is 5.21. The van der Waals surface area contributed by atoms with E-state index in [-0.39, 0.29) is 24.0 Å². The summed E-state index contributed by atoms with van der Waals surface area (Å²) in [5.41, 5.74) is 1.12. The summed E-state index contributed by atoms with van der Waals surface area (Å²) in [7, 11) is 3.38. The Balaban J connectivity index is 0.00000400. The second-order valence-corrected chi connectivity index (χ2v) is 4.32. The Morgan fingerprint density at radius 2 is 2.05 bits per heavy atom. The molecule has 0 aliphatic rings. The lowest BCUT2D eigenvalue weighted by Crippen LogP contribution is -2.38. The summed E-state index contributed by atoms with van der Waals surface area (Å²) >= 11 is 0. The summed E-state index contributed by atoms with van der Waals surface area (Å²) < 4.78 is 10.2. The van der Waals surface area contributed by atoms with E-state index >= 15 is 0 Å². The fourth-order valence-electron chi connectivity index (χ4n) is 1.71. The van der Waals surface area contributed by atoms with Crippen LogP contribution < -0.4 is 15.4 Å². The van der Waals surface area contributed by atoms with Gasteiger partial charge in [0.2, 0.25) is 0 Å². The molecule has 1 aromatic carbocycles. The lowest BCUT2D eigenvalue weighted by molar-refractivity contribution is 0.195. The van der Waals surface area contributed by atoms with Crippen LogP contribution in [0.3, 0.4) is 0 Å². The van der Waals surface area contributed by atoms with Crippen LogP contribution in [0.1, 0.15) is 18.9 Å². The Morgan fingerprint density at radius 1 is 1.24 bits per heavy atom. The lowest BCUT2D eigenvalue weighted by Gasteiger charge is -2.11. The van der Waals surface area contributed by atoms with Crippen LogP contribution in [0, 0.1) is 0 Å². The summed E-state index contributed by atoms with van der Waals surface area (Å²) in [5, 5.41) is 6.51. The van der Waals surface area contributed by atoms with Crippen molar-refractivity contribution >= 4 is 29.9 Å². The molecule has 0 fully saturated rings. The molecule has 21 heavy (non-hydrogen) atoms. The molecule has 6 heteroatoms. The van der Waals surface area contributed by atoms with Crippen LogP contribution in [0.4, 0.5) is 0 Å². The number of ether oxygens (including phenoxy) is 2. The summed E-state index contributed by atoms with van der Waals surface area (Å²) in [6, 6.07) is 7.95. The Hall–Kier alpha value is -1.02. The second kappa shape index (κ2) is 12.7. The van der Waals surface area contributed by atoms with Crippen LogP contribution in [0.2, 0.25) is 0 Å². The molecular weight excluding hydrogens is 381 g/mol. The Morgan fingerprint density at radius 3 is 2.71 bits per heavy atom. The van der Waals surface area contributed by atoms with Gasteiger partial charge in [0.25, 0.3) is 0 Å². The molecule has 0 amide bonds. The standard InChI is InChI=1S/C15H25N3O2.HI/c1-4-16-15(17-9-6-10-19-2)18-12-13-7-5-8-14(11-13)20-3;/h5,7-8,11H,4,6,9-10,12H2,1-3H3,(H2,16,17,18);1H. The summed E-state index contributed by atoms with van der Waals surface area (Å²) in [5.74, 6) is 1.68. The first-order chi connectivity index (χ1) is 9.80. The van der Waals surface area contributed by atoms with Gasteiger partial charge < -0.3 is 20.1 Å². The number of hydrogen-bond donors (Lipinski definition) is 2. The molecule has 0 saturated heterocycles. The predicted molar refractivity (Wildman–Crippen MR) is 97.7 cm³/mol. The zero-order valence-corrected chi connectivity index (χ0v) is 15.3. The van der Waals surface area contributed by atoms with Gasteiger partial charge in [-0.15, -0.1) is 24.0 Å². The van der Waals surface area contributed by atoms with E-state index in [0.29, 0.717) is 6.54 Å². The van der Waals surface area contributed by atoms with E-state index < -0.39 is 0 Å². The molecule has 1 aromatic rings. The molecule has 2 N–H and O–H groups in total. The van der Waals surface area contributed by atoms with Crippen LogP contribution in [-0.2, 0) is 11.3 Å². The van der Waals surface area contributed by atoms with Crippen molar-refractivity contribution in [2.24, 2.45) is 4.99 Å². The van der Waals surface area contributed by atoms with Crippen LogP contribution in [0.25, 0.3) is 0 Å². The number of nitrogens with zero attached hydrogens (tertiary/aromatic N) is 1. The molecular formula is C15H26IN3O2. The number of aliphatic imine (C=N–C) groups is 1. The normalized spacial score (nSPS) is 10.7. The fraction of sp³-hybridized carbons (Fsp3) is 0.533. The summed E-state index contributed by atoms with van der Waals surface area (Å²) in [6.45, 7) is 5.11. The van der Waals surface area contributed by atoms with E-state index in [0.717, 1.165) is 43.4 Å². The van der Waals surface area contributed by atoms with Gasteiger partial charge >= 0.3 is 0 Å². The van der Waals surface area contributed by atoms with Gasteiger partial charge in [0.15, 0.2) is 5.96 Å². The molecule has 5 nitrogen and oxygen atoms in total. The number of nitrogens with one attached hydrogen (secondary N) is 2. The van der Waals surface area contributed by atoms with Crippen LogP contribution in [-0.4, -0.2) is 39.9 Å². The number of benzene rings is 1. The topological polar surface area (TPSA) is 54.9 Å². The summed E-state index contributed by atoms with van der Waals surface area (Å²) in [4.78, 5) is 4.55. The Bertz CT molecular complexity index is 414. The minimum absolute atomic E-state index is 0. The third-order valence-corrected chi connectivity index (χ3v) is 2.72. The van der Waals surface area contributed by atoms with E-state index in [1.807, 2.05) is 24.3 Å². The molecule has 0 aromatic heterocycles. The van der Waals surface area contributed by atoms with E-state index in [1.165, 1.54) is 0 Å². The monoisotopic (exact) mass is 407 g/mol. The average molecular weight is 407 g/mol. The maximum Gasteiger partial charge on any atom is 0.191 e. The van der Waals surface area contributed by atoms with Crippen molar-refractivity contribution < 1.29 is 9.47 Å². The minimum atomic E-state index is 0. The third-order valence-electron chi connectivity index (χ3n) is 2.72. The number of rotatable bonds is 8. The molecule has 0 unspecified atom stereocenters. The van der Waals surface area contributed by atoms with Crippen LogP contribution in [0.5, 0.6) is 5.75 Å². The number of methoxy groups -OCH3 is 2. The number of halogens is 1. The second-order valence-electron chi connectivity index (χ2n) is 4.32. The van der Waals surface area contributed by atoms with Crippen molar-refractivity contribution in [2.75, 3.05) is 33.9 Å². The quantitative estimate of drug-likeness (QED) is 0.301. The lowest BCUT2D eigenvalue weighted by atomic mass is 10.2. The van der Waals surface area contributed by atoms with E-state index in [2.05, 4.69) is 22.5 Å². The SMILES string of the molecule is CCNC(=NCc1cccc(OC)c1)NCCCOC.I. The molecule has 0 aliphatic carbocycles. The van der Waals surface area contributed by atoms with Crippen molar-refractivity contribution in [2.45, 2.75) is 19.9 Å². The molecule has 0 heterocycles. The molecule has 1 rings (SSSR count). The van der Waals surface area contributed by atoms with E-state index in [9.17, 15) is 0 Å². The van der Waals surface area contributed by atoms with Gasteiger partial charge in [-0.2, -0.15) is 0 Å². The zero-order chi connectivity index (χ0) is 14.6. The molecule has 0 saturated carbocycles. The van der Waals surface area contributed by atoms with Crippen molar-refractivity contribution in [1.82, 2.24) is 10.6 Å². The predicted octanol–water partition coefficient (Wildman–Crippen LogP) is 2.40.